The summed E-state index contributed by atoms with van der Waals surface area (Å²) in [6.07, 6.45) is 1.02. The second kappa shape index (κ2) is 3.95. The third kappa shape index (κ3) is 5.07. The van der Waals surface area contributed by atoms with Crippen LogP contribution in [0.1, 0.15) is 27.2 Å². The highest BCUT2D eigenvalue weighted by Crippen LogP contribution is 2.16. The zero-order valence-electron chi connectivity index (χ0n) is 8.62. The standard InChI is InChI=1S/C9H20OSi/c1-7-9(8(2)3)10-11(4,5)6/h7H2,1-6H3. The van der Waals surface area contributed by atoms with E-state index >= 15 is 0 Å². The number of rotatable bonds is 3. The maximum absolute atomic E-state index is 5.87. The van der Waals surface area contributed by atoms with Crippen LogP contribution in [0.15, 0.2) is 11.3 Å². The molecule has 0 bridgehead atoms. The van der Waals surface area contributed by atoms with Crippen molar-refractivity contribution in [3.8, 4) is 0 Å². The van der Waals surface area contributed by atoms with Crippen molar-refractivity contribution in [3.63, 3.8) is 0 Å². The highest BCUT2D eigenvalue weighted by molar-refractivity contribution is 6.70. The molecule has 0 aromatic heterocycles. The fourth-order valence-corrected chi connectivity index (χ4v) is 1.99. The highest BCUT2D eigenvalue weighted by atomic mass is 28.4. The van der Waals surface area contributed by atoms with Crippen molar-refractivity contribution in [2.24, 2.45) is 0 Å². The quantitative estimate of drug-likeness (QED) is 0.467. The molecule has 11 heavy (non-hydrogen) atoms. The summed E-state index contributed by atoms with van der Waals surface area (Å²) in [6, 6.07) is 0. The number of hydrogen-bond donors (Lipinski definition) is 0. The van der Waals surface area contributed by atoms with E-state index in [1.165, 1.54) is 11.3 Å². The Labute approximate surface area is 71.6 Å². The first-order valence-corrected chi connectivity index (χ1v) is 7.63. The Morgan fingerprint density at radius 1 is 1.18 bits per heavy atom. The van der Waals surface area contributed by atoms with Crippen LogP contribution in [0.2, 0.25) is 19.6 Å². The van der Waals surface area contributed by atoms with Crippen molar-refractivity contribution in [2.75, 3.05) is 0 Å². The molecule has 0 aliphatic rings. The Morgan fingerprint density at radius 3 is 1.73 bits per heavy atom. The maximum Gasteiger partial charge on any atom is 0.241 e. The van der Waals surface area contributed by atoms with Gasteiger partial charge in [0.1, 0.15) is 0 Å². The van der Waals surface area contributed by atoms with Gasteiger partial charge in [-0.15, -0.1) is 0 Å². The van der Waals surface area contributed by atoms with Gasteiger partial charge in [-0.3, -0.25) is 0 Å². The number of allylic oxidation sites excluding steroid dienone is 2. The van der Waals surface area contributed by atoms with E-state index in [0.717, 1.165) is 6.42 Å². The second-order valence-electron chi connectivity index (χ2n) is 3.99. The molecule has 0 aromatic carbocycles. The molecule has 0 saturated carbocycles. The Bertz CT molecular complexity index is 149. The topological polar surface area (TPSA) is 9.23 Å². The average molecular weight is 172 g/mol. The van der Waals surface area contributed by atoms with Crippen LogP contribution in [0.3, 0.4) is 0 Å². The SMILES string of the molecule is CCC(O[Si](C)(C)C)=C(C)C. The third-order valence-electron chi connectivity index (χ3n) is 1.31. The van der Waals surface area contributed by atoms with Crippen molar-refractivity contribution in [2.45, 2.75) is 46.8 Å². The van der Waals surface area contributed by atoms with E-state index in [4.69, 9.17) is 4.43 Å². The molecule has 0 atom stereocenters. The summed E-state index contributed by atoms with van der Waals surface area (Å²) in [5.41, 5.74) is 1.31. The lowest BCUT2D eigenvalue weighted by Crippen LogP contribution is -2.25. The van der Waals surface area contributed by atoms with Gasteiger partial charge < -0.3 is 4.43 Å². The van der Waals surface area contributed by atoms with Crippen LogP contribution in [0.25, 0.3) is 0 Å². The molecule has 0 amide bonds. The molecule has 0 heterocycles. The summed E-state index contributed by atoms with van der Waals surface area (Å²) in [7, 11) is -1.36. The fourth-order valence-electron chi connectivity index (χ4n) is 0.897. The summed E-state index contributed by atoms with van der Waals surface area (Å²) >= 11 is 0. The molecule has 2 heteroatoms. The van der Waals surface area contributed by atoms with Crippen LogP contribution in [-0.4, -0.2) is 8.32 Å². The first kappa shape index (κ1) is 10.8. The molecule has 0 unspecified atom stereocenters. The van der Waals surface area contributed by atoms with Crippen LogP contribution in [0.4, 0.5) is 0 Å². The Morgan fingerprint density at radius 2 is 1.64 bits per heavy atom. The minimum atomic E-state index is -1.36. The molecule has 66 valence electrons. The van der Waals surface area contributed by atoms with E-state index in [0.29, 0.717) is 0 Å². The molecule has 0 N–H and O–H groups in total. The van der Waals surface area contributed by atoms with Crippen molar-refractivity contribution < 1.29 is 4.43 Å². The van der Waals surface area contributed by atoms with E-state index in [2.05, 4.69) is 40.4 Å². The third-order valence-corrected chi connectivity index (χ3v) is 2.17. The monoisotopic (exact) mass is 172 g/mol. The zero-order valence-corrected chi connectivity index (χ0v) is 9.62. The van der Waals surface area contributed by atoms with Crippen molar-refractivity contribution in [1.82, 2.24) is 0 Å². The van der Waals surface area contributed by atoms with Gasteiger partial charge in [0.25, 0.3) is 0 Å². The summed E-state index contributed by atoms with van der Waals surface area (Å²) < 4.78 is 5.87. The zero-order chi connectivity index (χ0) is 9.07. The van der Waals surface area contributed by atoms with Gasteiger partial charge >= 0.3 is 0 Å². The second-order valence-corrected chi connectivity index (χ2v) is 8.42. The molecule has 0 aliphatic heterocycles. The van der Waals surface area contributed by atoms with Gasteiger partial charge in [-0.05, 0) is 39.1 Å². The summed E-state index contributed by atoms with van der Waals surface area (Å²) in [4.78, 5) is 0. The lowest BCUT2D eigenvalue weighted by molar-refractivity contribution is 0.399. The molecule has 0 rings (SSSR count). The van der Waals surface area contributed by atoms with Gasteiger partial charge in [0.2, 0.25) is 8.32 Å². The van der Waals surface area contributed by atoms with Gasteiger partial charge in [-0.2, -0.15) is 0 Å². The van der Waals surface area contributed by atoms with Crippen LogP contribution in [0.5, 0.6) is 0 Å². The molecule has 0 aromatic rings. The molecule has 0 radical (unpaired) electrons. The van der Waals surface area contributed by atoms with E-state index in [-0.39, 0.29) is 0 Å². The predicted molar refractivity (Wildman–Crippen MR) is 53.1 cm³/mol. The Hall–Kier alpha value is -0.243. The van der Waals surface area contributed by atoms with Gasteiger partial charge in [-0.1, -0.05) is 6.92 Å². The normalized spacial score (nSPS) is 11.1. The molecule has 1 nitrogen and oxygen atoms in total. The molecule has 0 aliphatic carbocycles. The molecule has 0 saturated heterocycles. The molecular weight excluding hydrogens is 152 g/mol. The smallest absolute Gasteiger partial charge is 0.241 e. The molecular formula is C9H20OSi. The van der Waals surface area contributed by atoms with E-state index in [1.807, 2.05) is 0 Å². The Balaban J connectivity index is 4.23. The van der Waals surface area contributed by atoms with Crippen molar-refractivity contribution in [3.05, 3.63) is 11.3 Å². The minimum absolute atomic E-state index is 1.02. The fraction of sp³-hybridized carbons (Fsp3) is 0.778. The Kier molecular flexibility index (Phi) is 3.87. The van der Waals surface area contributed by atoms with Gasteiger partial charge in [0, 0.05) is 6.42 Å². The van der Waals surface area contributed by atoms with Crippen LogP contribution < -0.4 is 0 Å². The summed E-state index contributed by atoms with van der Waals surface area (Å²) in [5, 5.41) is 0. The van der Waals surface area contributed by atoms with E-state index in [1.54, 1.807) is 0 Å². The van der Waals surface area contributed by atoms with Gasteiger partial charge in [0.05, 0.1) is 5.76 Å². The molecule has 0 fully saturated rings. The maximum atomic E-state index is 5.87. The summed E-state index contributed by atoms with van der Waals surface area (Å²) in [5.74, 6) is 1.18. The molecule has 0 spiro atoms. The first-order valence-electron chi connectivity index (χ1n) is 4.22. The average Bonchev–Trinajstić information content (AvgIpc) is 1.80. The first-order chi connectivity index (χ1) is 4.87. The minimum Gasteiger partial charge on any atom is -0.547 e. The van der Waals surface area contributed by atoms with Gasteiger partial charge in [0.15, 0.2) is 0 Å². The van der Waals surface area contributed by atoms with Crippen LogP contribution >= 0.6 is 0 Å². The lowest BCUT2D eigenvalue weighted by atomic mass is 10.2. The van der Waals surface area contributed by atoms with Crippen LogP contribution in [0, 0.1) is 0 Å². The van der Waals surface area contributed by atoms with Crippen molar-refractivity contribution in [1.29, 1.82) is 0 Å². The largest absolute Gasteiger partial charge is 0.547 e. The van der Waals surface area contributed by atoms with Gasteiger partial charge in [-0.25, -0.2) is 0 Å². The van der Waals surface area contributed by atoms with Crippen LogP contribution in [-0.2, 0) is 4.43 Å². The summed E-state index contributed by atoms with van der Waals surface area (Å²) in [6.45, 7) is 13.0. The lowest BCUT2D eigenvalue weighted by Gasteiger charge is -2.22. The highest BCUT2D eigenvalue weighted by Gasteiger charge is 2.17. The number of hydrogen-bond acceptors (Lipinski definition) is 1. The predicted octanol–water partition coefficient (Wildman–Crippen LogP) is 3.54. The van der Waals surface area contributed by atoms with E-state index in [9.17, 15) is 0 Å². The van der Waals surface area contributed by atoms with E-state index < -0.39 is 8.32 Å². The van der Waals surface area contributed by atoms with Crippen molar-refractivity contribution >= 4 is 8.32 Å².